The smallest absolute Gasteiger partial charge is 0.241 e. The van der Waals surface area contributed by atoms with E-state index >= 15 is 0 Å². The third-order valence-electron chi connectivity index (χ3n) is 5.64. The van der Waals surface area contributed by atoms with Crippen LogP contribution in [0.25, 0.3) is 0 Å². The highest BCUT2D eigenvalue weighted by atomic mass is 16.5. The number of hydrogen-bond donors (Lipinski definition) is 2. The third-order valence-corrected chi connectivity index (χ3v) is 5.64. The molecule has 1 saturated carbocycles. The van der Waals surface area contributed by atoms with Gasteiger partial charge in [0.2, 0.25) is 5.91 Å². The minimum atomic E-state index is -0.912. The van der Waals surface area contributed by atoms with Gasteiger partial charge in [0.15, 0.2) is 5.76 Å². The van der Waals surface area contributed by atoms with E-state index in [1.807, 2.05) is 26.8 Å². The second-order valence-electron chi connectivity index (χ2n) is 7.26. The Kier molecular flexibility index (Phi) is 5.71. The number of nitrogens with zero attached hydrogens (tertiary/aromatic N) is 1. The molecule has 6 heteroatoms. The summed E-state index contributed by atoms with van der Waals surface area (Å²) in [7, 11) is 0. The van der Waals surface area contributed by atoms with E-state index < -0.39 is 11.0 Å². The number of carbonyl (C=O) groups is 1. The number of aromatic nitrogens is 1. The molecule has 0 spiro atoms. The highest BCUT2D eigenvalue weighted by molar-refractivity contribution is 5.88. The number of ether oxygens (including phenoxy) is 1. The molecule has 24 heavy (non-hydrogen) atoms. The van der Waals surface area contributed by atoms with Crippen molar-refractivity contribution in [3.05, 3.63) is 17.5 Å². The van der Waals surface area contributed by atoms with Gasteiger partial charge in [0.1, 0.15) is 5.54 Å². The van der Waals surface area contributed by atoms with Crippen molar-refractivity contribution >= 4 is 5.91 Å². The molecule has 1 aromatic heterocycles. The molecule has 1 amide bonds. The van der Waals surface area contributed by atoms with Crippen molar-refractivity contribution in [2.24, 2.45) is 11.1 Å². The first-order valence-corrected chi connectivity index (χ1v) is 8.94. The van der Waals surface area contributed by atoms with Crippen LogP contribution >= 0.6 is 0 Å². The maximum absolute atomic E-state index is 12.6. The number of carbonyl (C=O) groups excluding carboxylic acids is 1. The van der Waals surface area contributed by atoms with Crippen LogP contribution in [-0.4, -0.2) is 29.3 Å². The Morgan fingerprint density at radius 3 is 2.67 bits per heavy atom. The van der Waals surface area contributed by atoms with E-state index in [9.17, 15) is 4.79 Å². The summed E-state index contributed by atoms with van der Waals surface area (Å²) in [5.74, 6) is 0.896. The molecule has 0 radical (unpaired) electrons. The maximum atomic E-state index is 12.6. The summed E-state index contributed by atoms with van der Waals surface area (Å²) in [4.78, 5) is 12.6. The van der Waals surface area contributed by atoms with E-state index in [1.54, 1.807) is 0 Å². The molecule has 1 aliphatic carbocycles. The average Bonchev–Trinajstić information content (AvgIpc) is 3.02. The van der Waals surface area contributed by atoms with Crippen molar-refractivity contribution in [3.63, 3.8) is 0 Å². The molecule has 1 fully saturated rings. The Morgan fingerprint density at radius 1 is 1.46 bits per heavy atom. The molecular weight excluding hydrogens is 306 g/mol. The summed E-state index contributed by atoms with van der Waals surface area (Å²) in [5.41, 5.74) is 6.01. The van der Waals surface area contributed by atoms with Crippen molar-refractivity contribution < 1.29 is 14.1 Å². The fourth-order valence-electron chi connectivity index (χ4n) is 3.46. The van der Waals surface area contributed by atoms with Crippen LogP contribution in [0, 0.1) is 5.41 Å². The van der Waals surface area contributed by atoms with Crippen LogP contribution in [0.2, 0.25) is 0 Å². The van der Waals surface area contributed by atoms with E-state index in [4.69, 9.17) is 15.0 Å². The molecule has 0 bridgehead atoms. The monoisotopic (exact) mass is 337 g/mol. The van der Waals surface area contributed by atoms with E-state index in [2.05, 4.69) is 24.3 Å². The van der Waals surface area contributed by atoms with Crippen LogP contribution in [0.3, 0.4) is 0 Å². The minimum absolute atomic E-state index is 0.0185. The Bertz CT molecular complexity index is 566. The first-order valence-electron chi connectivity index (χ1n) is 8.94. The van der Waals surface area contributed by atoms with Gasteiger partial charge in [-0.15, -0.1) is 0 Å². The summed E-state index contributed by atoms with van der Waals surface area (Å²) in [6, 6.07) is 1.93. The standard InChI is InChI=1S/C18H31N3O3/c1-6-12(7-2)14-9-13(24-21-14)11-20-16(22)18(19)10-15(23-8-3)17(18,4)5/h9,12,15H,6-8,10-11,19H2,1-5H3,(H,20,22). The zero-order chi connectivity index (χ0) is 18.0. The van der Waals surface area contributed by atoms with Crippen molar-refractivity contribution in [2.45, 2.75) is 78.0 Å². The quantitative estimate of drug-likeness (QED) is 0.761. The van der Waals surface area contributed by atoms with Crippen LogP contribution in [0.1, 0.15) is 71.3 Å². The summed E-state index contributed by atoms with van der Waals surface area (Å²) in [5, 5.41) is 7.01. The first kappa shape index (κ1) is 18.9. The van der Waals surface area contributed by atoms with E-state index in [-0.39, 0.29) is 12.0 Å². The Labute approximate surface area is 144 Å². The highest BCUT2D eigenvalue weighted by Crippen LogP contribution is 2.49. The Morgan fingerprint density at radius 2 is 2.12 bits per heavy atom. The zero-order valence-corrected chi connectivity index (χ0v) is 15.5. The number of rotatable bonds is 8. The van der Waals surface area contributed by atoms with Crippen molar-refractivity contribution in [1.82, 2.24) is 10.5 Å². The van der Waals surface area contributed by atoms with E-state index in [0.29, 0.717) is 31.3 Å². The highest BCUT2D eigenvalue weighted by Gasteiger charge is 2.62. The van der Waals surface area contributed by atoms with Crippen molar-refractivity contribution in [3.8, 4) is 0 Å². The van der Waals surface area contributed by atoms with E-state index in [1.165, 1.54) is 0 Å². The zero-order valence-electron chi connectivity index (χ0n) is 15.5. The molecule has 3 N–H and O–H groups in total. The third kappa shape index (κ3) is 3.22. The predicted molar refractivity (Wildman–Crippen MR) is 92.4 cm³/mol. The van der Waals surface area contributed by atoms with Crippen LogP contribution in [-0.2, 0) is 16.1 Å². The average molecular weight is 337 g/mol. The van der Waals surface area contributed by atoms with Gasteiger partial charge in [0.25, 0.3) is 0 Å². The fraction of sp³-hybridized carbons (Fsp3) is 0.778. The predicted octanol–water partition coefficient (Wildman–Crippen LogP) is 2.73. The molecule has 6 nitrogen and oxygen atoms in total. The van der Waals surface area contributed by atoms with E-state index in [0.717, 1.165) is 18.5 Å². The molecule has 1 aliphatic rings. The summed E-state index contributed by atoms with van der Waals surface area (Å²) < 4.78 is 11.0. The van der Waals surface area contributed by atoms with Crippen LogP contribution in [0.15, 0.2) is 10.6 Å². The largest absolute Gasteiger partial charge is 0.378 e. The van der Waals surface area contributed by atoms with Gasteiger partial charge < -0.3 is 20.3 Å². The number of amides is 1. The summed E-state index contributed by atoms with van der Waals surface area (Å²) >= 11 is 0. The second kappa shape index (κ2) is 7.23. The molecular formula is C18H31N3O3. The Balaban J connectivity index is 1.94. The van der Waals surface area contributed by atoms with Crippen LogP contribution in [0.5, 0.6) is 0 Å². The molecule has 1 aromatic rings. The van der Waals surface area contributed by atoms with Gasteiger partial charge >= 0.3 is 0 Å². The van der Waals surface area contributed by atoms with Gasteiger partial charge in [-0.2, -0.15) is 0 Å². The lowest BCUT2D eigenvalue weighted by Crippen LogP contribution is -2.75. The van der Waals surface area contributed by atoms with Crippen molar-refractivity contribution in [2.75, 3.05) is 6.61 Å². The molecule has 0 aliphatic heterocycles. The Hall–Kier alpha value is -1.40. The molecule has 2 atom stereocenters. The summed E-state index contributed by atoms with van der Waals surface area (Å²) in [6.45, 7) is 11.1. The number of nitrogens with two attached hydrogens (primary N) is 1. The number of nitrogens with one attached hydrogen (secondary N) is 1. The van der Waals surface area contributed by atoms with Crippen LogP contribution < -0.4 is 11.1 Å². The topological polar surface area (TPSA) is 90.4 Å². The van der Waals surface area contributed by atoms with Gasteiger partial charge in [-0.3, -0.25) is 4.79 Å². The molecule has 136 valence electrons. The van der Waals surface area contributed by atoms with Gasteiger partial charge in [-0.05, 0) is 19.8 Å². The lowest BCUT2D eigenvalue weighted by molar-refractivity contribution is -0.170. The number of hydrogen-bond acceptors (Lipinski definition) is 5. The molecule has 0 saturated heterocycles. The summed E-state index contributed by atoms with van der Waals surface area (Å²) in [6.07, 6.45) is 2.60. The molecule has 2 unspecified atom stereocenters. The minimum Gasteiger partial charge on any atom is -0.378 e. The fourth-order valence-corrected chi connectivity index (χ4v) is 3.46. The van der Waals surface area contributed by atoms with Crippen LogP contribution in [0.4, 0.5) is 0 Å². The second-order valence-corrected chi connectivity index (χ2v) is 7.26. The molecule has 2 rings (SSSR count). The lowest BCUT2D eigenvalue weighted by atomic mass is 9.54. The van der Waals surface area contributed by atoms with Gasteiger partial charge in [0.05, 0.1) is 18.3 Å². The van der Waals surface area contributed by atoms with Gasteiger partial charge in [0, 0.05) is 30.4 Å². The van der Waals surface area contributed by atoms with Gasteiger partial charge in [-0.1, -0.05) is 32.9 Å². The molecule has 0 aromatic carbocycles. The van der Waals surface area contributed by atoms with Gasteiger partial charge in [-0.25, -0.2) is 0 Å². The normalized spacial score (nSPS) is 25.5. The maximum Gasteiger partial charge on any atom is 0.241 e. The lowest BCUT2D eigenvalue weighted by Gasteiger charge is -2.57. The molecule has 1 heterocycles. The first-order chi connectivity index (χ1) is 11.3. The van der Waals surface area contributed by atoms with Crippen molar-refractivity contribution in [1.29, 1.82) is 0 Å². The SMILES string of the molecule is CCOC1CC(N)(C(=O)NCc2cc(C(CC)CC)no2)C1(C)C.